The van der Waals surface area contributed by atoms with Gasteiger partial charge in [0.15, 0.2) is 5.16 Å². The van der Waals surface area contributed by atoms with Gasteiger partial charge in [-0.05, 0) is 56.4 Å². The van der Waals surface area contributed by atoms with Gasteiger partial charge in [-0.1, -0.05) is 6.07 Å². The maximum Gasteiger partial charge on any atom is 0.192 e. The molecule has 5 heteroatoms. The van der Waals surface area contributed by atoms with Crippen LogP contribution < -0.4 is 5.32 Å². The molecule has 0 spiro atoms. The van der Waals surface area contributed by atoms with E-state index in [0.717, 1.165) is 17.0 Å². The smallest absolute Gasteiger partial charge is 0.192 e. The molecule has 0 saturated heterocycles. The van der Waals surface area contributed by atoms with Crippen LogP contribution in [0.15, 0.2) is 34.3 Å². The third-order valence-electron chi connectivity index (χ3n) is 2.54. The number of benzene rings is 1. The third kappa shape index (κ3) is 3.75. The number of rotatable bonds is 4. The fourth-order valence-corrected chi connectivity index (χ4v) is 2.65. The van der Waals surface area contributed by atoms with Crippen LogP contribution in [0, 0.1) is 19.7 Å². The van der Waals surface area contributed by atoms with E-state index < -0.39 is 0 Å². The van der Waals surface area contributed by atoms with E-state index in [4.69, 9.17) is 0 Å². The maximum absolute atomic E-state index is 14.0. The second-order valence-corrected chi connectivity index (χ2v) is 5.34. The van der Waals surface area contributed by atoms with E-state index in [1.54, 1.807) is 12.1 Å². The van der Waals surface area contributed by atoms with Crippen LogP contribution in [0.3, 0.4) is 0 Å². The van der Waals surface area contributed by atoms with E-state index >= 15 is 0 Å². The summed E-state index contributed by atoms with van der Waals surface area (Å²) in [7, 11) is 1.84. The molecule has 1 heterocycles. The predicted octanol–water partition coefficient (Wildman–Crippen LogP) is 3.10. The molecule has 3 nitrogen and oxygen atoms in total. The molecule has 0 aliphatic carbocycles. The van der Waals surface area contributed by atoms with Gasteiger partial charge in [0.1, 0.15) is 5.82 Å². The van der Waals surface area contributed by atoms with Gasteiger partial charge in [0.2, 0.25) is 0 Å². The van der Waals surface area contributed by atoms with Crippen LogP contribution in [0.25, 0.3) is 0 Å². The minimum atomic E-state index is -0.236. The zero-order valence-corrected chi connectivity index (χ0v) is 12.0. The molecular weight excluding hydrogens is 261 g/mol. The summed E-state index contributed by atoms with van der Waals surface area (Å²) in [5, 5.41) is 3.58. The summed E-state index contributed by atoms with van der Waals surface area (Å²) in [6.07, 6.45) is 0. The van der Waals surface area contributed by atoms with Crippen molar-refractivity contribution in [2.24, 2.45) is 0 Å². The van der Waals surface area contributed by atoms with Crippen LogP contribution >= 0.6 is 11.8 Å². The van der Waals surface area contributed by atoms with Gasteiger partial charge in [-0.3, -0.25) is 0 Å². The Balaban J connectivity index is 2.23. The largest absolute Gasteiger partial charge is 0.316 e. The van der Waals surface area contributed by atoms with Gasteiger partial charge in [-0.15, -0.1) is 0 Å². The molecule has 19 heavy (non-hydrogen) atoms. The zero-order valence-electron chi connectivity index (χ0n) is 11.2. The molecule has 1 aromatic carbocycles. The number of nitrogens with one attached hydrogen (secondary N) is 1. The second kappa shape index (κ2) is 6.12. The van der Waals surface area contributed by atoms with Crippen LogP contribution in [0.1, 0.15) is 17.0 Å². The zero-order chi connectivity index (χ0) is 13.8. The molecule has 1 N–H and O–H groups in total. The van der Waals surface area contributed by atoms with Crippen molar-refractivity contribution in [3.63, 3.8) is 0 Å². The first kappa shape index (κ1) is 14.0. The van der Waals surface area contributed by atoms with Crippen molar-refractivity contribution in [1.29, 1.82) is 0 Å². The Kier molecular flexibility index (Phi) is 4.50. The summed E-state index contributed by atoms with van der Waals surface area (Å²) < 4.78 is 14.0. The molecule has 0 bridgehead atoms. The monoisotopic (exact) mass is 277 g/mol. The van der Waals surface area contributed by atoms with Crippen LogP contribution in [-0.2, 0) is 6.54 Å². The highest BCUT2D eigenvalue weighted by atomic mass is 32.2. The summed E-state index contributed by atoms with van der Waals surface area (Å²) in [6, 6.07) is 7.12. The van der Waals surface area contributed by atoms with Crippen molar-refractivity contribution >= 4 is 11.8 Å². The van der Waals surface area contributed by atoms with Crippen molar-refractivity contribution in [2.75, 3.05) is 7.05 Å². The normalized spacial score (nSPS) is 10.7. The van der Waals surface area contributed by atoms with Crippen molar-refractivity contribution in [3.05, 3.63) is 47.0 Å². The number of hydrogen-bond acceptors (Lipinski definition) is 4. The highest BCUT2D eigenvalue weighted by Crippen LogP contribution is 2.28. The Morgan fingerprint density at radius 3 is 2.42 bits per heavy atom. The molecule has 0 amide bonds. The molecule has 0 radical (unpaired) electrons. The minimum Gasteiger partial charge on any atom is -0.316 e. The van der Waals surface area contributed by atoms with Gasteiger partial charge in [-0.2, -0.15) is 0 Å². The first-order valence-corrected chi connectivity index (χ1v) is 6.83. The van der Waals surface area contributed by atoms with Crippen molar-refractivity contribution < 1.29 is 4.39 Å². The van der Waals surface area contributed by atoms with Gasteiger partial charge in [-0.25, -0.2) is 14.4 Å². The highest BCUT2D eigenvalue weighted by molar-refractivity contribution is 7.99. The van der Waals surface area contributed by atoms with Crippen LogP contribution in [0.4, 0.5) is 4.39 Å². The molecule has 0 fully saturated rings. The standard InChI is InChI=1S/C14H16FN3S/c1-9-6-10(2)18-14(17-9)19-13-5-4-11(8-16-3)7-12(13)15/h4-7,16H,8H2,1-3H3. The van der Waals surface area contributed by atoms with E-state index in [1.165, 1.54) is 11.8 Å². The molecule has 100 valence electrons. The molecule has 2 aromatic rings. The fraction of sp³-hybridized carbons (Fsp3) is 0.286. The molecule has 2 rings (SSSR count). The van der Waals surface area contributed by atoms with E-state index in [2.05, 4.69) is 15.3 Å². The van der Waals surface area contributed by atoms with E-state index in [-0.39, 0.29) is 5.82 Å². The fourth-order valence-electron chi connectivity index (χ4n) is 1.78. The van der Waals surface area contributed by atoms with Crippen LogP contribution in [-0.4, -0.2) is 17.0 Å². The molecule has 0 atom stereocenters. The van der Waals surface area contributed by atoms with Crippen LogP contribution in [0.2, 0.25) is 0 Å². The summed E-state index contributed by atoms with van der Waals surface area (Å²) in [5.41, 5.74) is 2.70. The van der Waals surface area contributed by atoms with Crippen molar-refractivity contribution in [2.45, 2.75) is 30.4 Å². The van der Waals surface area contributed by atoms with E-state index in [0.29, 0.717) is 16.6 Å². The molecule has 1 aromatic heterocycles. The molecule has 0 aliphatic heterocycles. The minimum absolute atomic E-state index is 0.236. The summed E-state index contributed by atoms with van der Waals surface area (Å²) in [4.78, 5) is 9.15. The van der Waals surface area contributed by atoms with Gasteiger partial charge in [0.25, 0.3) is 0 Å². The van der Waals surface area contributed by atoms with Gasteiger partial charge < -0.3 is 5.32 Å². The lowest BCUT2D eigenvalue weighted by Gasteiger charge is -2.06. The topological polar surface area (TPSA) is 37.8 Å². The highest BCUT2D eigenvalue weighted by Gasteiger charge is 2.08. The van der Waals surface area contributed by atoms with Gasteiger partial charge >= 0.3 is 0 Å². The summed E-state index contributed by atoms with van der Waals surface area (Å²) in [5.74, 6) is -0.236. The molecule has 0 aliphatic rings. The quantitative estimate of drug-likeness (QED) is 0.871. The van der Waals surface area contributed by atoms with Gasteiger partial charge in [0.05, 0.1) is 4.90 Å². The Morgan fingerprint density at radius 2 is 1.84 bits per heavy atom. The maximum atomic E-state index is 14.0. The molecule has 0 saturated carbocycles. The number of hydrogen-bond donors (Lipinski definition) is 1. The molecular formula is C14H16FN3S. The lowest BCUT2D eigenvalue weighted by molar-refractivity contribution is 0.597. The lowest BCUT2D eigenvalue weighted by Crippen LogP contribution is -2.05. The number of halogens is 1. The number of aromatic nitrogens is 2. The number of nitrogens with zero attached hydrogens (tertiary/aromatic N) is 2. The average molecular weight is 277 g/mol. The van der Waals surface area contributed by atoms with Crippen molar-refractivity contribution in [1.82, 2.24) is 15.3 Å². The Morgan fingerprint density at radius 1 is 1.16 bits per heavy atom. The Hall–Kier alpha value is -1.46. The van der Waals surface area contributed by atoms with Crippen LogP contribution in [0.5, 0.6) is 0 Å². The predicted molar refractivity (Wildman–Crippen MR) is 74.8 cm³/mol. The molecule has 0 unspecified atom stereocenters. The van der Waals surface area contributed by atoms with Gasteiger partial charge in [0, 0.05) is 17.9 Å². The van der Waals surface area contributed by atoms with E-state index in [9.17, 15) is 4.39 Å². The van der Waals surface area contributed by atoms with E-state index in [1.807, 2.05) is 33.0 Å². The SMILES string of the molecule is CNCc1ccc(Sc2nc(C)cc(C)n2)c(F)c1. The number of aryl methyl sites for hydroxylation is 2. The summed E-state index contributed by atoms with van der Waals surface area (Å²) in [6.45, 7) is 4.47. The Bertz CT molecular complexity index is 567. The average Bonchev–Trinajstić information content (AvgIpc) is 2.32. The summed E-state index contributed by atoms with van der Waals surface area (Å²) >= 11 is 1.25. The third-order valence-corrected chi connectivity index (χ3v) is 3.46. The lowest BCUT2D eigenvalue weighted by atomic mass is 10.2. The first-order valence-electron chi connectivity index (χ1n) is 6.01. The Labute approximate surface area is 116 Å². The first-order chi connectivity index (χ1) is 9.08. The second-order valence-electron chi connectivity index (χ2n) is 4.33. The van der Waals surface area contributed by atoms with Crippen molar-refractivity contribution in [3.8, 4) is 0 Å².